The molecule has 0 aliphatic carbocycles. The first-order valence-electron chi connectivity index (χ1n) is 7.40. The molecule has 3 unspecified atom stereocenters. The van der Waals surface area contributed by atoms with Gasteiger partial charge in [-0.25, -0.2) is 0 Å². The lowest BCUT2D eigenvalue weighted by Crippen LogP contribution is -2.41. The van der Waals surface area contributed by atoms with Crippen LogP contribution in [-0.4, -0.2) is 38.0 Å². The summed E-state index contributed by atoms with van der Waals surface area (Å²) in [5.41, 5.74) is -0.0190. The lowest BCUT2D eigenvalue weighted by molar-refractivity contribution is 0.00842. The van der Waals surface area contributed by atoms with Gasteiger partial charge in [0.1, 0.15) is 0 Å². The van der Waals surface area contributed by atoms with Gasteiger partial charge in [0, 0.05) is 25.7 Å². The maximum absolute atomic E-state index is 5.71. The fourth-order valence-corrected chi connectivity index (χ4v) is 2.68. The van der Waals surface area contributed by atoms with E-state index in [1.54, 1.807) is 7.11 Å². The van der Waals surface area contributed by atoms with Crippen LogP contribution < -0.4 is 5.32 Å². The Morgan fingerprint density at radius 2 is 2.17 bits per heavy atom. The Labute approximate surface area is 113 Å². The van der Waals surface area contributed by atoms with E-state index in [0.29, 0.717) is 18.1 Å². The van der Waals surface area contributed by atoms with Gasteiger partial charge in [0.05, 0.1) is 11.7 Å². The molecule has 3 nitrogen and oxygen atoms in total. The van der Waals surface area contributed by atoms with Gasteiger partial charge in [-0.3, -0.25) is 0 Å². The van der Waals surface area contributed by atoms with Gasteiger partial charge in [-0.15, -0.1) is 0 Å². The van der Waals surface area contributed by atoms with Crippen LogP contribution in [0.5, 0.6) is 0 Å². The molecule has 1 fully saturated rings. The van der Waals surface area contributed by atoms with Gasteiger partial charge in [0.15, 0.2) is 0 Å². The average Bonchev–Trinajstić information content (AvgIpc) is 2.76. The zero-order chi connectivity index (χ0) is 13.6. The van der Waals surface area contributed by atoms with E-state index in [9.17, 15) is 0 Å². The average molecular weight is 257 g/mol. The summed E-state index contributed by atoms with van der Waals surface area (Å²) in [6.45, 7) is 10.8. The third kappa shape index (κ3) is 4.87. The molecule has 18 heavy (non-hydrogen) atoms. The second kappa shape index (κ2) is 7.46. The van der Waals surface area contributed by atoms with Crippen molar-refractivity contribution in [3.63, 3.8) is 0 Å². The van der Waals surface area contributed by atoms with Crippen LogP contribution in [0.1, 0.15) is 53.4 Å². The predicted molar refractivity (Wildman–Crippen MR) is 75.9 cm³/mol. The molecule has 1 saturated heterocycles. The summed E-state index contributed by atoms with van der Waals surface area (Å²) in [4.78, 5) is 0. The van der Waals surface area contributed by atoms with Gasteiger partial charge in [0.2, 0.25) is 0 Å². The molecule has 0 saturated carbocycles. The minimum atomic E-state index is -0.0190. The van der Waals surface area contributed by atoms with Gasteiger partial charge in [0.25, 0.3) is 0 Å². The highest BCUT2D eigenvalue weighted by Crippen LogP contribution is 2.28. The van der Waals surface area contributed by atoms with E-state index in [4.69, 9.17) is 9.47 Å². The van der Waals surface area contributed by atoms with Crippen LogP contribution in [0.3, 0.4) is 0 Å². The van der Waals surface area contributed by atoms with E-state index < -0.39 is 0 Å². The molecule has 1 aliphatic heterocycles. The molecule has 0 amide bonds. The molecule has 3 atom stereocenters. The topological polar surface area (TPSA) is 30.5 Å². The molecular weight excluding hydrogens is 226 g/mol. The molecule has 3 heteroatoms. The monoisotopic (exact) mass is 257 g/mol. The lowest BCUT2D eigenvalue weighted by Gasteiger charge is -2.31. The quantitative estimate of drug-likeness (QED) is 0.725. The van der Waals surface area contributed by atoms with E-state index in [1.165, 1.54) is 19.3 Å². The van der Waals surface area contributed by atoms with Crippen LogP contribution in [-0.2, 0) is 9.47 Å². The number of nitrogens with one attached hydrogen (secondary N) is 1. The summed E-state index contributed by atoms with van der Waals surface area (Å²) in [5.74, 6) is 0.657. The molecule has 0 aromatic rings. The summed E-state index contributed by atoms with van der Waals surface area (Å²) in [6, 6.07) is 0.567. The molecule has 0 spiro atoms. The number of methoxy groups -OCH3 is 1. The Morgan fingerprint density at radius 3 is 2.67 bits per heavy atom. The van der Waals surface area contributed by atoms with E-state index in [0.717, 1.165) is 19.6 Å². The largest absolute Gasteiger partial charge is 0.379 e. The highest BCUT2D eigenvalue weighted by Gasteiger charge is 2.32. The summed E-state index contributed by atoms with van der Waals surface area (Å²) in [5, 5.41) is 3.70. The second-order valence-electron chi connectivity index (χ2n) is 6.09. The van der Waals surface area contributed by atoms with Crippen molar-refractivity contribution in [2.75, 3.05) is 20.3 Å². The molecule has 0 bridgehead atoms. The van der Waals surface area contributed by atoms with Crippen LogP contribution in [0.4, 0.5) is 0 Å². The highest BCUT2D eigenvalue weighted by atomic mass is 16.5. The van der Waals surface area contributed by atoms with Gasteiger partial charge < -0.3 is 14.8 Å². The third-order valence-electron chi connectivity index (χ3n) is 4.22. The number of hydrogen-bond acceptors (Lipinski definition) is 3. The Morgan fingerprint density at radius 1 is 1.44 bits per heavy atom. The SMILES string of the molecule is CCCNC(CCC(C)(C)OC)C1CCOC1C. The lowest BCUT2D eigenvalue weighted by atomic mass is 9.87. The maximum Gasteiger partial charge on any atom is 0.0623 e. The van der Waals surface area contributed by atoms with Crippen LogP contribution >= 0.6 is 0 Å². The first-order chi connectivity index (χ1) is 8.50. The van der Waals surface area contributed by atoms with Gasteiger partial charge in [-0.2, -0.15) is 0 Å². The summed E-state index contributed by atoms with van der Waals surface area (Å²) in [6.07, 6.45) is 5.03. The molecule has 1 N–H and O–H groups in total. The van der Waals surface area contributed by atoms with Crippen LogP contribution in [0, 0.1) is 5.92 Å². The van der Waals surface area contributed by atoms with Crippen LogP contribution in [0.25, 0.3) is 0 Å². The molecular formula is C15H31NO2. The first-order valence-corrected chi connectivity index (χ1v) is 7.40. The Kier molecular flexibility index (Phi) is 6.61. The molecule has 0 aromatic carbocycles. The molecule has 1 rings (SSSR count). The van der Waals surface area contributed by atoms with Crippen molar-refractivity contribution >= 4 is 0 Å². The number of hydrogen-bond donors (Lipinski definition) is 1. The van der Waals surface area contributed by atoms with Crippen LogP contribution in [0.2, 0.25) is 0 Å². The summed E-state index contributed by atoms with van der Waals surface area (Å²) < 4.78 is 11.2. The first kappa shape index (κ1) is 15.9. The molecule has 0 aromatic heterocycles. The Bertz CT molecular complexity index is 231. The van der Waals surface area contributed by atoms with Crippen molar-refractivity contribution < 1.29 is 9.47 Å². The normalized spacial score (nSPS) is 26.5. The van der Waals surface area contributed by atoms with Crippen molar-refractivity contribution in [3.05, 3.63) is 0 Å². The third-order valence-corrected chi connectivity index (χ3v) is 4.22. The number of rotatable bonds is 8. The molecule has 1 heterocycles. The van der Waals surface area contributed by atoms with E-state index in [1.807, 2.05) is 0 Å². The van der Waals surface area contributed by atoms with E-state index in [2.05, 4.69) is 33.0 Å². The fraction of sp³-hybridized carbons (Fsp3) is 1.00. The Hall–Kier alpha value is -0.120. The summed E-state index contributed by atoms with van der Waals surface area (Å²) in [7, 11) is 1.80. The van der Waals surface area contributed by atoms with Gasteiger partial charge >= 0.3 is 0 Å². The maximum atomic E-state index is 5.71. The van der Waals surface area contributed by atoms with Crippen molar-refractivity contribution in [2.24, 2.45) is 5.92 Å². The second-order valence-corrected chi connectivity index (χ2v) is 6.09. The van der Waals surface area contributed by atoms with Crippen molar-refractivity contribution in [2.45, 2.75) is 71.1 Å². The number of ether oxygens (including phenoxy) is 2. The fourth-order valence-electron chi connectivity index (χ4n) is 2.68. The predicted octanol–water partition coefficient (Wildman–Crippen LogP) is 2.98. The van der Waals surface area contributed by atoms with Gasteiger partial charge in [-0.05, 0) is 53.0 Å². The van der Waals surface area contributed by atoms with Crippen molar-refractivity contribution in [3.8, 4) is 0 Å². The highest BCUT2D eigenvalue weighted by molar-refractivity contribution is 4.86. The zero-order valence-corrected chi connectivity index (χ0v) is 12.8. The van der Waals surface area contributed by atoms with E-state index in [-0.39, 0.29) is 5.60 Å². The minimum absolute atomic E-state index is 0.0190. The Balaban J connectivity index is 2.49. The van der Waals surface area contributed by atoms with E-state index >= 15 is 0 Å². The smallest absolute Gasteiger partial charge is 0.0623 e. The molecule has 1 aliphatic rings. The van der Waals surface area contributed by atoms with Crippen molar-refractivity contribution in [1.82, 2.24) is 5.32 Å². The summed E-state index contributed by atoms with van der Waals surface area (Å²) >= 11 is 0. The zero-order valence-electron chi connectivity index (χ0n) is 12.8. The molecule has 108 valence electrons. The molecule has 0 radical (unpaired) electrons. The minimum Gasteiger partial charge on any atom is -0.379 e. The van der Waals surface area contributed by atoms with Gasteiger partial charge in [-0.1, -0.05) is 6.92 Å². The van der Waals surface area contributed by atoms with Crippen molar-refractivity contribution in [1.29, 1.82) is 0 Å². The van der Waals surface area contributed by atoms with Crippen LogP contribution in [0.15, 0.2) is 0 Å². The standard InChI is InChI=1S/C15H31NO2/c1-6-10-16-14(7-9-15(3,4)17-5)13-8-11-18-12(13)2/h12-14,16H,6-11H2,1-5H3.